The lowest BCUT2D eigenvalue weighted by Crippen LogP contribution is -2.32. The molecule has 0 fully saturated rings. The van der Waals surface area contributed by atoms with Crippen LogP contribution in [0.2, 0.25) is 5.02 Å². The van der Waals surface area contributed by atoms with E-state index in [2.05, 4.69) is 0 Å². The van der Waals surface area contributed by atoms with Crippen LogP contribution in [0.4, 0.5) is 5.69 Å². The van der Waals surface area contributed by atoms with Gasteiger partial charge in [-0.15, -0.1) is 0 Å². The van der Waals surface area contributed by atoms with Gasteiger partial charge in [-0.3, -0.25) is 9.10 Å². The van der Waals surface area contributed by atoms with Gasteiger partial charge in [-0.05, 0) is 49.2 Å². The van der Waals surface area contributed by atoms with Gasteiger partial charge < -0.3 is 5.11 Å². The zero-order valence-electron chi connectivity index (χ0n) is 13.1. The Hall–Kier alpha value is -2.05. The summed E-state index contributed by atoms with van der Waals surface area (Å²) in [6.07, 6.45) is 0.108. The van der Waals surface area contributed by atoms with Crippen molar-refractivity contribution in [2.75, 3.05) is 10.8 Å². The van der Waals surface area contributed by atoms with Gasteiger partial charge in [0.15, 0.2) is 0 Å². The number of carbonyl (C=O) groups is 1. The lowest BCUT2D eigenvalue weighted by Gasteiger charge is -2.25. The standard InChI is InChI=1S/C17H18ClNO4S/c1-13-12-14(9-10-16(13)18)19(11-5-8-17(20)21)24(22,23)15-6-3-2-4-7-15/h2-4,6-7,9-10,12H,5,8,11H2,1H3,(H,20,21). The first-order chi connectivity index (χ1) is 11.3. The molecule has 0 radical (unpaired) electrons. The van der Waals surface area contributed by atoms with E-state index in [1.807, 2.05) is 0 Å². The van der Waals surface area contributed by atoms with Gasteiger partial charge in [-0.2, -0.15) is 0 Å². The van der Waals surface area contributed by atoms with Gasteiger partial charge in [0, 0.05) is 18.0 Å². The highest BCUT2D eigenvalue weighted by atomic mass is 35.5. The van der Waals surface area contributed by atoms with Crippen LogP contribution in [-0.4, -0.2) is 26.0 Å². The molecule has 0 heterocycles. The number of halogens is 1. The minimum absolute atomic E-state index is 0.0740. The van der Waals surface area contributed by atoms with Gasteiger partial charge in [-0.1, -0.05) is 29.8 Å². The molecule has 0 bridgehead atoms. The highest BCUT2D eigenvalue weighted by molar-refractivity contribution is 7.92. The summed E-state index contributed by atoms with van der Waals surface area (Å²) in [5.74, 6) is -0.959. The molecule has 0 unspecified atom stereocenters. The maximum atomic E-state index is 13.0. The SMILES string of the molecule is Cc1cc(N(CCCC(=O)O)S(=O)(=O)c2ccccc2)ccc1Cl. The van der Waals surface area contributed by atoms with Crippen molar-refractivity contribution in [2.24, 2.45) is 0 Å². The van der Waals surface area contributed by atoms with Crippen LogP contribution < -0.4 is 4.31 Å². The quantitative estimate of drug-likeness (QED) is 0.809. The lowest BCUT2D eigenvalue weighted by atomic mass is 10.2. The number of carboxylic acid groups (broad SMARTS) is 1. The fourth-order valence-electron chi connectivity index (χ4n) is 2.27. The summed E-state index contributed by atoms with van der Waals surface area (Å²) in [6.45, 7) is 1.86. The van der Waals surface area contributed by atoms with Crippen molar-refractivity contribution in [2.45, 2.75) is 24.7 Å². The van der Waals surface area contributed by atoms with E-state index < -0.39 is 16.0 Å². The van der Waals surface area contributed by atoms with Gasteiger partial charge in [0.25, 0.3) is 10.0 Å². The molecule has 0 aliphatic carbocycles. The molecule has 0 aliphatic heterocycles. The number of anilines is 1. The summed E-state index contributed by atoms with van der Waals surface area (Å²) in [5.41, 5.74) is 1.21. The highest BCUT2D eigenvalue weighted by Gasteiger charge is 2.25. The Morgan fingerprint density at radius 2 is 1.83 bits per heavy atom. The molecule has 0 saturated heterocycles. The Morgan fingerprint density at radius 3 is 2.42 bits per heavy atom. The van der Waals surface area contributed by atoms with E-state index in [-0.39, 0.29) is 24.3 Å². The molecule has 0 spiro atoms. The molecule has 0 amide bonds. The monoisotopic (exact) mass is 367 g/mol. The van der Waals surface area contributed by atoms with Crippen LogP contribution in [0.1, 0.15) is 18.4 Å². The minimum Gasteiger partial charge on any atom is -0.481 e. The number of aryl methyl sites for hydroxylation is 1. The number of rotatable bonds is 7. The summed E-state index contributed by atoms with van der Waals surface area (Å²) >= 11 is 6.02. The minimum atomic E-state index is -3.78. The molecule has 0 saturated carbocycles. The van der Waals surface area contributed by atoms with Crippen molar-refractivity contribution >= 4 is 33.3 Å². The average molecular weight is 368 g/mol. The van der Waals surface area contributed by atoms with Gasteiger partial charge >= 0.3 is 5.97 Å². The molecule has 2 aromatic carbocycles. The summed E-state index contributed by atoms with van der Waals surface area (Å²) < 4.78 is 27.1. The van der Waals surface area contributed by atoms with E-state index in [0.717, 1.165) is 5.56 Å². The Balaban J connectivity index is 2.42. The molecule has 2 rings (SSSR count). The van der Waals surface area contributed by atoms with Crippen LogP contribution in [0.25, 0.3) is 0 Å². The third kappa shape index (κ3) is 4.27. The van der Waals surface area contributed by atoms with E-state index in [9.17, 15) is 13.2 Å². The zero-order chi connectivity index (χ0) is 17.7. The third-order valence-corrected chi connectivity index (χ3v) is 5.78. The van der Waals surface area contributed by atoms with E-state index in [4.69, 9.17) is 16.7 Å². The first-order valence-electron chi connectivity index (χ1n) is 7.38. The number of nitrogens with zero attached hydrogens (tertiary/aromatic N) is 1. The van der Waals surface area contributed by atoms with E-state index >= 15 is 0 Å². The molecule has 0 atom stereocenters. The van der Waals surface area contributed by atoms with Crippen molar-refractivity contribution in [3.8, 4) is 0 Å². The van der Waals surface area contributed by atoms with Gasteiger partial charge in [-0.25, -0.2) is 8.42 Å². The molecule has 128 valence electrons. The number of carboxylic acids is 1. The van der Waals surface area contributed by atoms with Gasteiger partial charge in [0.1, 0.15) is 0 Å². The Kier molecular flexibility index (Phi) is 5.85. The van der Waals surface area contributed by atoms with E-state index in [0.29, 0.717) is 10.7 Å². The summed E-state index contributed by atoms with van der Waals surface area (Å²) in [5, 5.41) is 9.35. The normalized spacial score (nSPS) is 11.2. The molecule has 0 aromatic heterocycles. The topological polar surface area (TPSA) is 74.7 Å². The van der Waals surface area contributed by atoms with Crippen molar-refractivity contribution in [1.29, 1.82) is 0 Å². The van der Waals surface area contributed by atoms with Crippen LogP contribution in [0, 0.1) is 6.92 Å². The number of hydrogen-bond acceptors (Lipinski definition) is 3. The largest absolute Gasteiger partial charge is 0.481 e. The molecule has 5 nitrogen and oxygen atoms in total. The van der Waals surface area contributed by atoms with Gasteiger partial charge in [0.2, 0.25) is 0 Å². The Morgan fingerprint density at radius 1 is 1.17 bits per heavy atom. The predicted octanol–water partition coefficient (Wildman–Crippen LogP) is 3.71. The Labute approximate surface area is 146 Å². The fraction of sp³-hybridized carbons (Fsp3) is 0.235. The molecule has 2 aromatic rings. The van der Waals surface area contributed by atoms with Gasteiger partial charge in [0.05, 0.1) is 10.6 Å². The number of aliphatic carboxylic acids is 1. The second-order valence-corrected chi connectivity index (χ2v) is 7.59. The maximum Gasteiger partial charge on any atom is 0.303 e. The second kappa shape index (κ2) is 7.68. The van der Waals surface area contributed by atoms with E-state index in [1.54, 1.807) is 43.3 Å². The predicted molar refractivity (Wildman–Crippen MR) is 94.0 cm³/mol. The second-order valence-electron chi connectivity index (χ2n) is 5.32. The number of sulfonamides is 1. The smallest absolute Gasteiger partial charge is 0.303 e. The summed E-state index contributed by atoms with van der Waals surface area (Å²) in [6, 6.07) is 13.0. The fourth-order valence-corrected chi connectivity index (χ4v) is 3.90. The molecular weight excluding hydrogens is 350 g/mol. The van der Waals surface area contributed by atoms with Crippen LogP contribution in [0.5, 0.6) is 0 Å². The molecule has 1 N–H and O–H groups in total. The van der Waals surface area contributed by atoms with Crippen LogP contribution >= 0.6 is 11.6 Å². The number of benzene rings is 2. The first-order valence-corrected chi connectivity index (χ1v) is 9.20. The Bertz CT molecular complexity index is 822. The molecule has 24 heavy (non-hydrogen) atoms. The van der Waals surface area contributed by atoms with Crippen molar-refractivity contribution in [3.63, 3.8) is 0 Å². The number of hydrogen-bond donors (Lipinski definition) is 1. The lowest BCUT2D eigenvalue weighted by molar-refractivity contribution is -0.137. The third-order valence-electron chi connectivity index (χ3n) is 3.51. The van der Waals surface area contributed by atoms with Crippen molar-refractivity contribution < 1.29 is 18.3 Å². The van der Waals surface area contributed by atoms with Crippen LogP contribution in [0.15, 0.2) is 53.4 Å². The average Bonchev–Trinajstić information content (AvgIpc) is 2.55. The van der Waals surface area contributed by atoms with Crippen LogP contribution in [0.3, 0.4) is 0 Å². The maximum absolute atomic E-state index is 13.0. The van der Waals surface area contributed by atoms with Crippen molar-refractivity contribution in [3.05, 3.63) is 59.1 Å². The summed E-state index contributed by atoms with van der Waals surface area (Å²) in [4.78, 5) is 10.9. The van der Waals surface area contributed by atoms with E-state index in [1.165, 1.54) is 16.4 Å². The molecular formula is C17H18ClNO4S. The molecule has 7 heteroatoms. The van der Waals surface area contributed by atoms with Crippen LogP contribution in [-0.2, 0) is 14.8 Å². The summed E-state index contributed by atoms with van der Waals surface area (Å²) in [7, 11) is -3.78. The highest BCUT2D eigenvalue weighted by Crippen LogP contribution is 2.27. The zero-order valence-corrected chi connectivity index (χ0v) is 14.7. The molecule has 0 aliphatic rings. The van der Waals surface area contributed by atoms with Crippen molar-refractivity contribution in [1.82, 2.24) is 0 Å². The first kappa shape index (κ1) is 18.3.